The van der Waals surface area contributed by atoms with Crippen molar-refractivity contribution in [1.82, 2.24) is 19.6 Å². The summed E-state index contributed by atoms with van der Waals surface area (Å²) in [5.74, 6) is 0.938. The minimum Gasteiger partial charge on any atom is -0.371 e. The Morgan fingerprint density at radius 3 is 2.90 bits per heavy atom. The van der Waals surface area contributed by atoms with Crippen LogP contribution < -0.4 is 10.2 Å². The smallest absolute Gasteiger partial charge is 0.250 e. The van der Waals surface area contributed by atoms with Gasteiger partial charge in [0.1, 0.15) is 11.9 Å². The Kier molecular flexibility index (Phi) is 3.40. The quantitative estimate of drug-likeness (QED) is 0.917. The van der Waals surface area contributed by atoms with Crippen LogP contribution in [0, 0.1) is 6.92 Å². The molecule has 0 spiro atoms. The summed E-state index contributed by atoms with van der Waals surface area (Å²) in [4.78, 5) is 14.3. The SMILES string of the molecule is CCn1cc(N[C@@H]2CCN(c3cc(C)nn3C)C2=O)cn1. The first-order chi connectivity index (χ1) is 10.1. The first kappa shape index (κ1) is 13.7. The number of hydrogen-bond donors (Lipinski definition) is 1. The van der Waals surface area contributed by atoms with Crippen LogP contribution in [0.3, 0.4) is 0 Å². The van der Waals surface area contributed by atoms with Crippen LogP contribution >= 0.6 is 0 Å². The molecular weight excluding hydrogens is 268 g/mol. The fourth-order valence-corrected chi connectivity index (χ4v) is 2.70. The van der Waals surface area contributed by atoms with E-state index in [-0.39, 0.29) is 11.9 Å². The van der Waals surface area contributed by atoms with E-state index in [9.17, 15) is 4.79 Å². The Hall–Kier alpha value is -2.31. The van der Waals surface area contributed by atoms with E-state index in [1.54, 1.807) is 15.8 Å². The Morgan fingerprint density at radius 2 is 2.29 bits per heavy atom. The summed E-state index contributed by atoms with van der Waals surface area (Å²) >= 11 is 0. The van der Waals surface area contributed by atoms with Gasteiger partial charge in [-0.2, -0.15) is 10.2 Å². The van der Waals surface area contributed by atoms with Crippen molar-refractivity contribution >= 4 is 17.4 Å². The second-order valence-corrected chi connectivity index (χ2v) is 5.33. The number of anilines is 2. The van der Waals surface area contributed by atoms with Gasteiger partial charge in [-0.1, -0.05) is 0 Å². The fourth-order valence-electron chi connectivity index (χ4n) is 2.70. The van der Waals surface area contributed by atoms with Crippen LogP contribution in [0.1, 0.15) is 19.0 Å². The number of aryl methyl sites for hydroxylation is 3. The zero-order valence-electron chi connectivity index (χ0n) is 12.6. The molecule has 0 saturated carbocycles. The second kappa shape index (κ2) is 5.23. The third-order valence-corrected chi connectivity index (χ3v) is 3.76. The molecule has 1 aliphatic rings. The van der Waals surface area contributed by atoms with Crippen molar-refractivity contribution in [2.45, 2.75) is 32.9 Å². The maximum Gasteiger partial charge on any atom is 0.250 e. The van der Waals surface area contributed by atoms with Crippen LogP contribution in [0.5, 0.6) is 0 Å². The van der Waals surface area contributed by atoms with E-state index in [1.165, 1.54) is 0 Å². The molecule has 0 unspecified atom stereocenters. The molecule has 0 radical (unpaired) electrons. The summed E-state index contributed by atoms with van der Waals surface area (Å²) in [5.41, 5.74) is 1.80. The van der Waals surface area contributed by atoms with Crippen molar-refractivity contribution in [1.29, 1.82) is 0 Å². The van der Waals surface area contributed by atoms with E-state index >= 15 is 0 Å². The molecule has 3 heterocycles. The van der Waals surface area contributed by atoms with Gasteiger partial charge in [0.05, 0.1) is 17.6 Å². The van der Waals surface area contributed by atoms with Gasteiger partial charge < -0.3 is 5.32 Å². The van der Waals surface area contributed by atoms with E-state index in [1.807, 2.05) is 37.8 Å². The molecule has 0 aromatic carbocycles. The molecule has 1 atom stereocenters. The fraction of sp³-hybridized carbons (Fsp3) is 0.500. The van der Waals surface area contributed by atoms with Gasteiger partial charge >= 0.3 is 0 Å². The molecule has 7 heteroatoms. The Balaban J connectivity index is 1.73. The maximum atomic E-state index is 12.5. The largest absolute Gasteiger partial charge is 0.371 e. The Labute approximate surface area is 123 Å². The number of rotatable bonds is 4. The molecule has 1 aliphatic heterocycles. The standard InChI is InChI=1S/C14H20N6O/c1-4-19-9-11(8-15-19)16-12-5-6-20(14(12)21)13-7-10(2)17-18(13)3/h7-9,12,16H,4-6H2,1-3H3/t12-/m1/s1. The lowest BCUT2D eigenvalue weighted by Gasteiger charge is -2.16. The average molecular weight is 288 g/mol. The Bertz CT molecular complexity index is 658. The molecule has 21 heavy (non-hydrogen) atoms. The molecule has 1 saturated heterocycles. The van der Waals surface area contributed by atoms with Crippen LogP contribution in [-0.4, -0.2) is 38.1 Å². The molecule has 7 nitrogen and oxygen atoms in total. The summed E-state index contributed by atoms with van der Waals surface area (Å²) in [6.45, 7) is 5.49. The van der Waals surface area contributed by atoms with E-state index in [2.05, 4.69) is 15.5 Å². The highest BCUT2D eigenvalue weighted by molar-refractivity contribution is 6.00. The molecule has 3 rings (SSSR count). The van der Waals surface area contributed by atoms with Gasteiger partial charge in [0.2, 0.25) is 0 Å². The number of hydrogen-bond acceptors (Lipinski definition) is 4. The highest BCUT2D eigenvalue weighted by atomic mass is 16.2. The van der Waals surface area contributed by atoms with Crippen LogP contribution in [0.25, 0.3) is 0 Å². The van der Waals surface area contributed by atoms with Gasteiger partial charge in [-0.25, -0.2) is 0 Å². The lowest BCUT2D eigenvalue weighted by Crippen LogP contribution is -2.34. The molecule has 1 fully saturated rings. The van der Waals surface area contributed by atoms with Crippen molar-refractivity contribution in [3.05, 3.63) is 24.2 Å². The normalized spacial score (nSPS) is 18.5. The van der Waals surface area contributed by atoms with E-state index in [0.29, 0.717) is 6.54 Å². The number of aromatic nitrogens is 4. The van der Waals surface area contributed by atoms with Gasteiger partial charge in [0, 0.05) is 32.4 Å². The number of nitrogens with one attached hydrogen (secondary N) is 1. The zero-order chi connectivity index (χ0) is 15.0. The van der Waals surface area contributed by atoms with Crippen molar-refractivity contribution in [3.8, 4) is 0 Å². The first-order valence-electron chi connectivity index (χ1n) is 7.19. The van der Waals surface area contributed by atoms with Crippen LogP contribution in [0.15, 0.2) is 18.5 Å². The van der Waals surface area contributed by atoms with Crippen molar-refractivity contribution in [2.24, 2.45) is 7.05 Å². The van der Waals surface area contributed by atoms with E-state index in [4.69, 9.17) is 0 Å². The average Bonchev–Trinajstić information content (AvgIpc) is 3.12. The summed E-state index contributed by atoms with van der Waals surface area (Å²) in [6, 6.07) is 1.74. The molecule has 112 valence electrons. The van der Waals surface area contributed by atoms with Crippen LogP contribution in [-0.2, 0) is 18.4 Å². The van der Waals surface area contributed by atoms with Gasteiger partial charge in [-0.3, -0.25) is 19.1 Å². The predicted octanol–water partition coefficient (Wildman–Crippen LogP) is 1.16. The molecular formula is C14H20N6O. The highest BCUT2D eigenvalue weighted by Gasteiger charge is 2.34. The molecule has 2 aromatic rings. The zero-order valence-corrected chi connectivity index (χ0v) is 12.6. The van der Waals surface area contributed by atoms with Gasteiger partial charge in [-0.15, -0.1) is 0 Å². The molecule has 0 bridgehead atoms. The summed E-state index contributed by atoms with van der Waals surface area (Å²) in [5, 5.41) is 11.8. The minimum absolute atomic E-state index is 0.0854. The highest BCUT2D eigenvalue weighted by Crippen LogP contribution is 2.23. The third kappa shape index (κ3) is 2.51. The monoisotopic (exact) mass is 288 g/mol. The third-order valence-electron chi connectivity index (χ3n) is 3.76. The van der Waals surface area contributed by atoms with Crippen molar-refractivity contribution < 1.29 is 4.79 Å². The molecule has 2 aromatic heterocycles. The van der Waals surface area contributed by atoms with Crippen LogP contribution in [0.4, 0.5) is 11.5 Å². The van der Waals surface area contributed by atoms with E-state index in [0.717, 1.165) is 30.2 Å². The Morgan fingerprint density at radius 1 is 1.48 bits per heavy atom. The maximum absolute atomic E-state index is 12.5. The minimum atomic E-state index is -0.199. The molecule has 1 N–H and O–H groups in total. The van der Waals surface area contributed by atoms with Crippen molar-refractivity contribution in [3.63, 3.8) is 0 Å². The number of carbonyl (C=O) groups is 1. The summed E-state index contributed by atoms with van der Waals surface area (Å²) in [6.07, 6.45) is 4.46. The van der Waals surface area contributed by atoms with E-state index < -0.39 is 0 Å². The lowest BCUT2D eigenvalue weighted by molar-refractivity contribution is -0.117. The van der Waals surface area contributed by atoms with Gasteiger partial charge in [0.25, 0.3) is 5.91 Å². The molecule has 1 amide bonds. The number of carbonyl (C=O) groups excluding carboxylic acids is 1. The molecule has 0 aliphatic carbocycles. The van der Waals surface area contributed by atoms with Crippen LogP contribution in [0.2, 0.25) is 0 Å². The first-order valence-corrected chi connectivity index (χ1v) is 7.19. The lowest BCUT2D eigenvalue weighted by atomic mass is 10.2. The summed E-state index contributed by atoms with van der Waals surface area (Å²) in [7, 11) is 1.86. The van der Waals surface area contributed by atoms with Gasteiger partial charge in [-0.05, 0) is 20.3 Å². The number of nitrogens with zero attached hydrogens (tertiary/aromatic N) is 5. The number of amides is 1. The predicted molar refractivity (Wildman–Crippen MR) is 80.2 cm³/mol. The second-order valence-electron chi connectivity index (χ2n) is 5.33. The van der Waals surface area contributed by atoms with Gasteiger partial charge in [0.15, 0.2) is 0 Å². The summed E-state index contributed by atoms with van der Waals surface area (Å²) < 4.78 is 3.59. The topological polar surface area (TPSA) is 68.0 Å². The van der Waals surface area contributed by atoms with Crippen molar-refractivity contribution in [2.75, 3.05) is 16.8 Å².